The van der Waals surface area contributed by atoms with Crippen molar-refractivity contribution < 1.29 is 31.2 Å². The first-order valence-electron chi connectivity index (χ1n) is 13.3. The number of halogens is 6. The molecule has 0 aliphatic carbocycles. The number of sulfonamides is 1. The van der Waals surface area contributed by atoms with Gasteiger partial charge >= 0.3 is 6.18 Å². The minimum absolute atomic E-state index is 0.120. The van der Waals surface area contributed by atoms with Crippen molar-refractivity contribution in [1.82, 2.24) is 10.2 Å². The molecule has 0 fully saturated rings. The molecule has 0 spiro atoms. The Morgan fingerprint density at radius 2 is 1.55 bits per heavy atom. The van der Waals surface area contributed by atoms with E-state index in [4.69, 9.17) is 34.8 Å². The number of rotatable bonds is 10. The summed E-state index contributed by atoms with van der Waals surface area (Å²) >= 11 is 18.7. The van der Waals surface area contributed by atoms with E-state index < -0.39 is 57.4 Å². The summed E-state index contributed by atoms with van der Waals surface area (Å²) in [6.07, 6.45) is -4.71. The fraction of sp³-hybridized carbons (Fsp3) is 0.333. The molecule has 0 aliphatic rings. The molecule has 7 nitrogen and oxygen atoms in total. The summed E-state index contributed by atoms with van der Waals surface area (Å²) in [5.74, 6) is -1.41. The molecule has 14 heteroatoms. The van der Waals surface area contributed by atoms with Gasteiger partial charge in [-0.25, -0.2) is 8.42 Å². The fourth-order valence-corrected chi connectivity index (χ4v) is 6.50. The zero-order valence-electron chi connectivity index (χ0n) is 24.3. The van der Waals surface area contributed by atoms with Crippen LogP contribution in [0.2, 0.25) is 15.1 Å². The Kier molecular flexibility index (Phi) is 11.3. The van der Waals surface area contributed by atoms with Gasteiger partial charge in [-0.15, -0.1) is 0 Å². The third-order valence-corrected chi connectivity index (χ3v) is 9.07. The standard InChI is InChI=1S/C30H31Cl3F3N3O4S/c1-5-25(28(41)37-29(2,3)4)38(17-19-11-13-21(31)16-24(19)33)27(40)18-39(44(42,43)22-9-7-6-8-10-22)26-15-20(30(34,35)36)12-14-23(26)32/h6-16,25H,5,17-18H2,1-4H3,(H,37,41)/t25-/m0/s1. The van der Waals surface area contributed by atoms with Crippen LogP contribution in [0.3, 0.4) is 0 Å². The van der Waals surface area contributed by atoms with Gasteiger partial charge < -0.3 is 10.2 Å². The highest BCUT2D eigenvalue weighted by molar-refractivity contribution is 7.92. The topological polar surface area (TPSA) is 86.8 Å². The minimum Gasteiger partial charge on any atom is -0.350 e. The van der Waals surface area contributed by atoms with E-state index in [1.165, 1.54) is 36.4 Å². The summed E-state index contributed by atoms with van der Waals surface area (Å²) in [7, 11) is -4.65. The van der Waals surface area contributed by atoms with Crippen LogP contribution in [0, 0.1) is 0 Å². The highest BCUT2D eigenvalue weighted by Gasteiger charge is 2.37. The number of nitrogens with one attached hydrogen (secondary N) is 1. The number of nitrogens with zero attached hydrogens (tertiary/aromatic N) is 2. The van der Waals surface area contributed by atoms with Crippen molar-refractivity contribution in [3.8, 4) is 0 Å². The second-order valence-electron chi connectivity index (χ2n) is 10.9. The van der Waals surface area contributed by atoms with E-state index in [1.54, 1.807) is 39.8 Å². The van der Waals surface area contributed by atoms with E-state index in [9.17, 15) is 31.2 Å². The number of hydrogen-bond donors (Lipinski definition) is 1. The van der Waals surface area contributed by atoms with Crippen molar-refractivity contribution >= 4 is 62.3 Å². The van der Waals surface area contributed by atoms with E-state index in [2.05, 4.69) is 5.32 Å². The Morgan fingerprint density at radius 3 is 2.09 bits per heavy atom. The van der Waals surface area contributed by atoms with Crippen LogP contribution in [-0.2, 0) is 32.3 Å². The van der Waals surface area contributed by atoms with Crippen LogP contribution < -0.4 is 9.62 Å². The van der Waals surface area contributed by atoms with Gasteiger partial charge in [-0.2, -0.15) is 13.2 Å². The Morgan fingerprint density at radius 1 is 0.909 bits per heavy atom. The van der Waals surface area contributed by atoms with E-state index in [1.807, 2.05) is 0 Å². The molecule has 3 rings (SSSR count). The van der Waals surface area contributed by atoms with Gasteiger partial charge in [0, 0.05) is 22.1 Å². The van der Waals surface area contributed by atoms with Crippen LogP contribution in [0.5, 0.6) is 0 Å². The first-order valence-corrected chi connectivity index (χ1v) is 15.9. The van der Waals surface area contributed by atoms with E-state index >= 15 is 0 Å². The van der Waals surface area contributed by atoms with E-state index in [-0.39, 0.29) is 27.9 Å². The van der Waals surface area contributed by atoms with Gasteiger partial charge in [-0.1, -0.05) is 66.0 Å². The number of anilines is 1. The van der Waals surface area contributed by atoms with E-state index in [0.29, 0.717) is 27.0 Å². The van der Waals surface area contributed by atoms with Crippen LogP contribution in [0.25, 0.3) is 0 Å². The molecule has 44 heavy (non-hydrogen) atoms. The highest BCUT2D eigenvalue weighted by atomic mass is 35.5. The maximum Gasteiger partial charge on any atom is 0.416 e. The summed E-state index contributed by atoms with van der Waals surface area (Å²) < 4.78 is 69.5. The van der Waals surface area contributed by atoms with Crippen molar-refractivity contribution in [2.24, 2.45) is 0 Å². The van der Waals surface area contributed by atoms with Crippen molar-refractivity contribution in [3.63, 3.8) is 0 Å². The number of carbonyl (C=O) groups excluding carboxylic acids is 2. The summed E-state index contributed by atoms with van der Waals surface area (Å²) in [6.45, 7) is 5.71. The highest BCUT2D eigenvalue weighted by Crippen LogP contribution is 2.37. The smallest absolute Gasteiger partial charge is 0.350 e. The van der Waals surface area contributed by atoms with Gasteiger partial charge in [0.05, 0.1) is 21.2 Å². The van der Waals surface area contributed by atoms with Crippen LogP contribution in [0.1, 0.15) is 45.2 Å². The zero-order chi connectivity index (χ0) is 33.0. The first-order chi connectivity index (χ1) is 20.3. The second kappa shape index (κ2) is 14.0. The maximum absolute atomic E-state index is 14.2. The zero-order valence-corrected chi connectivity index (χ0v) is 27.3. The summed E-state index contributed by atoms with van der Waals surface area (Å²) in [6, 6.07) is 12.5. The molecule has 0 saturated heterocycles. The van der Waals surface area contributed by atoms with Gasteiger partial charge in [-0.3, -0.25) is 13.9 Å². The first kappa shape index (κ1) is 35.5. The predicted octanol–water partition coefficient (Wildman–Crippen LogP) is 7.58. The molecule has 0 heterocycles. The number of carbonyl (C=O) groups is 2. The molecule has 1 atom stereocenters. The van der Waals surface area contributed by atoms with Crippen LogP contribution in [0.15, 0.2) is 71.6 Å². The number of alkyl halides is 3. The molecular weight excluding hydrogens is 662 g/mol. The quantitative estimate of drug-likeness (QED) is 0.237. The molecule has 2 amide bonds. The molecule has 0 saturated carbocycles. The summed E-state index contributed by atoms with van der Waals surface area (Å²) in [5, 5.41) is 3.00. The summed E-state index contributed by atoms with van der Waals surface area (Å²) in [5.41, 5.74) is -2.00. The van der Waals surface area contributed by atoms with Gasteiger partial charge in [0.15, 0.2) is 0 Å². The van der Waals surface area contributed by atoms with Gasteiger partial charge in [-0.05, 0) is 75.2 Å². The Hall–Kier alpha value is -2.99. The Balaban J connectivity index is 2.19. The maximum atomic E-state index is 14.2. The van der Waals surface area contributed by atoms with Crippen molar-refractivity contribution in [2.75, 3.05) is 10.8 Å². The Labute approximate surface area is 269 Å². The lowest BCUT2D eigenvalue weighted by Crippen LogP contribution is -2.55. The lowest BCUT2D eigenvalue weighted by atomic mass is 10.1. The predicted molar refractivity (Wildman–Crippen MR) is 166 cm³/mol. The van der Waals surface area contributed by atoms with Crippen molar-refractivity contribution in [3.05, 3.63) is 92.9 Å². The molecule has 0 aromatic heterocycles. The molecule has 0 unspecified atom stereocenters. The molecule has 0 bridgehead atoms. The fourth-order valence-electron chi connectivity index (χ4n) is 4.32. The van der Waals surface area contributed by atoms with Gasteiger partial charge in [0.1, 0.15) is 12.6 Å². The largest absolute Gasteiger partial charge is 0.416 e. The number of amides is 2. The molecular formula is C30H31Cl3F3N3O4S. The third-order valence-electron chi connectivity index (χ3n) is 6.39. The van der Waals surface area contributed by atoms with Crippen molar-refractivity contribution in [2.45, 2.75) is 63.3 Å². The average molecular weight is 693 g/mol. The molecule has 0 aliphatic heterocycles. The molecule has 3 aromatic rings. The SMILES string of the molecule is CC[C@@H](C(=O)NC(C)(C)C)N(Cc1ccc(Cl)cc1Cl)C(=O)CN(c1cc(C(F)(F)F)ccc1Cl)S(=O)(=O)c1ccccc1. The second-order valence-corrected chi connectivity index (χ2v) is 14.0. The van der Waals surface area contributed by atoms with E-state index in [0.717, 1.165) is 11.0 Å². The third kappa shape index (κ3) is 8.80. The Bertz CT molecular complexity index is 1620. The molecule has 3 aromatic carbocycles. The number of benzene rings is 3. The minimum atomic E-state index is -4.83. The summed E-state index contributed by atoms with van der Waals surface area (Å²) in [4.78, 5) is 28.4. The van der Waals surface area contributed by atoms with Crippen LogP contribution in [-0.4, -0.2) is 43.3 Å². The lowest BCUT2D eigenvalue weighted by Gasteiger charge is -2.35. The number of hydrogen-bond acceptors (Lipinski definition) is 4. The average Bonchev–Trinajstić information content (AvgIpc) is 2.92. The normalized spacial score (nSPS) is 12.9. The van der Waals surface area contributed by atoms with Crippen LogP contribution in [0.4, 0.5) is 18.9 Å². The molecule has 0 radical (unpaired) electrons. The monoisotopic (exact) mass is 691 g/mol. The molecule has 1 N–H and O–H groups in total. The van der Waals surface area contributed by atoms with Crippen molar-refractivity contribution in [1.29, 1.82) is 0 Å². The molecule has 238 valence electrons. The lowest BCUT2D eigenvalue weighted by molar-refractivity contribution is -0.141. The van der Waals surface area contributed by atoms with Crippen LogP contribution >= 0.6 is 34.8 Å². The van der Waals surface area contributed by atoms with Gasteiger partial charge in [0.2, 0.25) is 11.8 Å². The van der Waals surface area contributed by atoms with Gasteiger partial charge in [0.25, 0.3) is 10.0 Å².